The molecule has 0 saturated carbocycles. The highest BCUT2D eigenvalue weighted by atomic mass is 31.2. The number of aliphatic hydroxyl groups is 1. The van der Waals surface area contributed by atoms with Gasteiger partial charge in [-0.15, -0.1) is 0 Å². The first-order chi connectivity index (χ1) is 11.9. The molecule has 142 valence electrons. The second kappa shape index (κ2) is 10.4. The van der Waals surface area contributed by atoms with E-state index < -0.39 is 25.6 Å². The molecule has 0 spiro atoms. The predicted molar refractivity (Wildman–Crippen MR) is 92.8 cm³/mol. The summed E-state index contributed by atoms with van der Waals surface area (Å²) in [6, 6.07) is 5.55. The van der Waals surface area contributed by atoms with Crippen molar-refractivity contribution in [3.8, 4) is 5.75 Å². The van der Waals surface area contributed by atoms with Crippen molar-refractivity contribution < 1.29 is 33.0 Å². The highest BCUT2D eigenvalue weighted by Crippen LogP contribution is 2.55. The second-order valence-corrected chi connectivity index (χ2v) is 7.03. The van der Waals surface area contributed by atoms with Gasteiger partial charge in [-0.05, 0) is 38.5 Å². The highest BCUT2D eigenvalue weighted by molar-refractivity contribution is 7.54. The first kappa shape index (κ1) is 21.4. The number of ether oxygens (including phenoxy) is 2. The van der Waals surface area contributed by atoms with Crippen LogP contribution in [0, 0.1) is 0 Å². The summed E-state index contributed by atoms with van der Waals surface area (Å²) < 4.78 is 33.2. The van der Waals surface area contributed by atoms with E-state index >= 15 is 0 Å². The molecule has 2 atom stereocenters. The molecule has 0 saturated heterocycles. The molecule has 0 bridgehead atoms. The Morgan fingerprint density at radius 2 is 1.68 bits per heavy atom. The van der Waals surface area contributed by atoms with Crippen LogP contribution in [0.2, 0.25) is 0 Å². The Morgan fingerprint density at radius 1 is 1.12 bits per heavy atom. The van der Waals surface area contributed by atoms with E-state index in [4.69, 9.17) is 18.5 Å². The van der Waals surface area contributed by atoms with Crippen LogP contribution in [0.25, 0.3) is 0 Å². The summed E-state index contributed by atoms with van der Waals surface area (Å²) in [6.45, 7) is 5.26. The van der Waals surface area contributed by atoms with Gasteiger partial charge in [0.1, 0.15) is 5.75 Å². The number of hydrogen-bond donors (Lipinski definition) is 2. The number of benzene rings is 1. The summed E-state index contributed by atoms with van der Waals surface area (Å²) in [4.78, 5) is 11.9. The highest BCUT2D eigenvalue weighted by Gasteiger charge is 2.41. The van der Waals surface area contributed by atoms with E-state index in [1.165, 1.54) is 7.11 Å². The smallest absolute Gasteiger partial charge is 0.407 e. The summed E-state index contributed by atoms with van der Waals surface area (Å²) in [5, 5.41) is 13.2. The van der Waals surface area contributed by atoms with E-state index in [-0.39, 0.29) is 19.8 Å². The molecular weight excluding hydrogens is 349 g/mol. The number of hydrogen-bond acceptors (Lipinski definition) is 7. The predicted octanol–water partition coefficient (Wildman–Crippen LogP) is 3.07. The third-order valence-corrected chi connectivity index (χ3v) is 5.45. The average molecular weight is 375 g/mol. The fourth-order valence-electron chi connectivity index (χ4n) is 2.17. The zero-order valence-electron chi connectivity index (χ0n) is 14.9. The lowest BCUT2D eigenvalue weighted by Crippen LogP contribution is -2.37. The van der Waals surface area contributed by atoms with Crippen LogP contribution in [-0.2, 0) is 18.3 Å². The van der Waals surface area contributed by atoms with E-state index in [2.05, 4.69) is 5.32 Å². The molecule has 8 nitrogen and oxygen atoms in total. The zero-order valence-corrected chi connectivity index (χ0v) is 15.8. The third kappa shape index (κ3) is 6.01. The van der Waals surface area contributed by atoms with E-state index in [0.717, 1.165) is 0 Å². The number of rotatable bonds is 10. The van der Waals surface area contributed by atoms with E-state index in [1.54, 1.807) is 45.0 Å². The normalized spacial score (nSPS) is 13.8. The fourth-order valence-corrected chi connectivity index (χ4v) is 3.89. The Labute approximate surface area is 148 Å². The van der Waals surface area contributed by atoms with Gasteiger partial charge in [0, 0.05) is 0 Å². The van der Waals surface area contributed by atoms with Crippen molar-refractivity contribution in [2.24, 2.45) is 0 Å². The zero-order chi connectivity index (χ0) is 18.9. The van der Waals surface area contributed by atoms with Crippen molar-refractivity contribution in [1.29, 1.82) is 0 Å². The first-order valence-corrected chi connectivity index (χ1v) is 9.67. The number of nitrogens with one attached hydrogen (secondary N) is 1. The largest absolute Gasteiger partial charge is 0.497 e. The van der Waals surface area contributed by atoms with Crippen LogP contribution >= 0.6 is 7.60 Å². The van der Waals surface area contributed by atoms with Crippen molar-refractivity contribution in [2.45, 2.75) is 32.7 Å². The van der Waals surface area contributed by atoms with Gasteiger partial charge in [0.25, 0.3) is 0 Å². The summed E-state index contributed by atoms with van der Waals surface area (Å²) in [7, 11) is -2.35. The molecule has 0 aliphatic carbocycles. The van der Waals surface area contributed by atoms with Gasteiger partial charge in [-0.1, -0.05) is 12.1 Å². The molecule has 0 aliphatic rings. The van der Waals surface area contributed by atoms with Gasteiger partial charge in [0.2, 0.25) is 0 Å². The van der Waals surface area contributed by atoms with Crippen LogP contribution in [0.3, 0.4) is 0 Å². The van der Waals surface area contributed by atoms with Gasteiger partial charge in [0.15, 0.2) is 5.85 Å². The van der Waals surface area contributed by atoms with Crippen molar-refractivity contribution in [3.63, 3.8) is 0 Å². The molecule has 1 rings (SSSR count). The Morgan fingerprint density at radius 3 is 2.12 bits per heavy atom. The molecule has 0 fully saturated rings. The number of amides is 1. The SMILES string of the molecule is CCOC(=O)N[C@@H](c1ccc(OC)cc1)[C@@H](O)P(=O)(OCC)OCC. The molecule has 1 amide bonds. The molecule has 0 heterocycles. The lowest BCUT2D eigenvalue weighted by molar-refractivity contribution is 0.111. The van der Waals surface area contributed by atoms with Gasteiger partial charge >= 0.3 is 13.7 Å². The van der Waals surface area contributed by atoms with E-state index in [9.17, 15) is 14.5 Å². The average Bonchev–Trinajstić information content (AvgIpc) is 2.60. The van der Waals surface area contributed by atoms with Crippen LogP contribution in [0.5, 0.6) is 5.75 Å². The molecular formula is C16H26NO7P. The Balaban J connectivity index is 3.18. The van der Waals surface area contributed by atoms with Gasteiger partial charge in [-0.2, -0.15) is 0 Å². The van der Waals surface area contributed by atoms with E-state index in [1.807, 2.05) is 0 Å². The maximum Gasteiger partial charge on any atom is 0.407 e. The quantitative estimate of drug-likeness (QED) is 0.606. The summed E-state index contributed by atoms with van der Waals surface area (Å²) in [5.41, 5.74) is 0.501. The molecule has 2 N–H and O–H groups in total. The molecule has 25 heavy (non-hydrogen) atoms. The fraction of sp³-hybridized carbons (Fsp3) is 0.562. The van der Waals surface area contributed by atoms with Crippen LogP contribution in [-0.4, -0.2) is 44.0 Å². The molecule has 0 aromatic heterocycles. The second-order valence-electron chi connectivity index (χ2n) is 4.90. The molecule has 1 aromatic carbocycles. The van der Waals surface area contributed by atoms with Gasteiger partial charge in [-0.25, -0.2) is 4.79 Å². The third-order valence-electron chi connectivity index (χ3n) is 3.26. The topological polar surface area (TPSA) is 103 Å². The first-order valence-electron chi connectivity index (χ1n) is 8.05. The number of aliphatic hydroxyl groups excluding tert-OH is 1. The van der Waals surface area contributed by atoms with Crippen molar-refractivity contribution >= 4 is 13.7 Å². The minimum atomic E-state index is -3.87. The van der Waals surface area contributed by atoms with Crippen molar-refractivity contribution in [1.82, 2.24) is 5.32 Å². The summed E-state index contributed by atoms with van der Waals surface area (Å²) in [5.74, 6) is -1.00. The monoisotopic (exact) mass is 375 g/mol. The van der Waals surface area contributed by atoms with Gasteiger partial charge in [-0.3, -0.25) is 4.57 Å². The number of methoxy groups -OCH3 is 1. The van der Waals surface area contributed by atoms with Crippen molar-refractivity contribution in [3.05, 3.63) is 29.8 Å². The summed E-state index contributed by atoms with van der Waals surface area (Å²) in [6.07, 6.45) is -0.748. The molecule has 9 heteroatoms. The molecule has 0 radical (unpaired) electrons. The Hall–Kier alpha value is -1.60. The van der Waals surface area contributed by atoms with Crippen molar-refractivity contribution in [2.75, 3.05) is 26.9 Å². The van der Waals surface area contributed by atoms with Crippen LogP contribution in [0.4, 0.5) is 4.79 Å². The number of alkyl carbamates (subject to hydrolysis) is 1. The summed E-state index contributed by atoms with van der Waals surface area (Å²) >= 11 is 0. The Bertz CT molecular complexity index is 568. The van der Waals surface area contributed by atoms with Gasteiger partial charge < -0.3 is 28.9 Å². The Kier molecular flexibility index (Phi) is 8.92. The lowest BCUT2D eigenvalue weighted by atomic mass is 10.1. The molecule has 1 aromatic rings. The number of carbonyl (C=O) groups is 1. The standard InChI is InChI=1S/C16H26NO7P/c1-5-22-16(19)17-14(12-8-10-13(21-4)11-9-12)15(18)25(20,23-6-2)24-7-3/h8-11,14-15,18H,5-7H2,1-4H3,(H,17,19)/t14-,15-/m0/s1. The minimum absolute atomic E-state index is 0.0864. The molecule has 0 aliphatic heterocycles. The van der Waals surface area contributed by atoms with Gasteiger partial charge in [0.05, 0.1) is 33.0 Å². The minimum Gasteiger partial charge on any atom is -0.497 e. The maximum atomic E-state index is 12.9. The van der Waals surface area contributed by atoms with Crippen LogP contribution in [0.15, 0.2) is 24.3 Å². The van der Waals surface area contributed by atoms with Crippen LogP contribution < -0.4 is 10.1 Å². The lowest BCUT2D eigenvalue weighted by Gasteiger charge is -2.29. The molecule has 0 unspecified atom stereocenters. The van der Waals surface area contributed by atoms with E-state index in [0.29, 0.717) is 11.3 Å². The maximum absolute atomic E-state index is 12.9. The number of carbonyl (C=O) groups excluding carboxylic acids is 1. The van der Waals surface area contributed by atoms with Crippen LogP contribution in [0.1, 0.15) is 32.4 Å².